The number of fused-ring (bicyclic) bond motifs is 11. The van der Waals surface area contributed by atoms with Gasteiger partial charge >= 0.3 is 0 Å². The van der Waals surface area contributed by atoms with Gasteiger partial charge in [0.1, 0.15) is 12.1 Å². The highest BCUT2D eigenvalue weighted by atomic mass is 32.1. The van der Waals surface area contributed by atoms with Crippen LogP contribution in [-0.4, -0.2) is 4.57 Å². The van der Waals surface area contributed by atoms with Gasteiger partial charge < -0.3 is 4.57 Å². The topological polar surface area (TPSA) is 76.3 Å². The van der Waals surface area contributed by atoms with Gasteiger partial charge in [-0.2, -0.15) is 15.8 Å². The van der Waals surface area contributed by atoms with Gasteiger partial charge in [-0.1, -0.05) is 164 Å². The van der Waals surface area contributed by atoms with Crippen LogP contribution in [0.5, 0.6) is 0 Å². The molecule has 63 heavy (non-hydrogen) atoms. The van der Waals surface area contributed by atoms with Gasteiger partial charge in [-0.15, -0.1) is 22.7 Å². The number of nitrogens with zero attached hydrogens (tertiary/aromatic N) is 4. The van der Waals surface area contributed by atoms with E-state index in [0.29, 0.717) is 22.3 Å². The molecule has 9 aromatic carbocycles. The summed E-state index contributed by atoms with van der Waals surface area (Å²) in [6.07, 6.45) is 0. The van der Waals surface area contributed by atoms with Gasteiger partial charge in [0, 0.05) is 58.4 Å². The van der Waals surface area contributed by atoms with E-state index < -0.39 is 0 Å². The SMILES string of the molecule is N#Cc1ccccc1-c1ccc(-c2c(C#N)c(-c3ccccc3)c(C#N)c(-n3c4c(ccc5c6ccccc6sc54)c4ccc5c6ccccc6sc5c43)c2-c2ccccc2)cc1. The van der Waals surface area contributed by atoms with E-state index >= 15 is 0 Å². The fourth-order valence-electron chi connectivity index (χ4n) is 9.66. The van der Waals surface area contributed by atoms with Crippen molar-refractivity contribution in [3.63, 3.8) is 0 Å². The molecule has 4 nitrogen and oxygen atoms in total. The van der Waals surface area contributed by atoms with E-state index in [-0.39, 0.29) is 0 Å². The summed E-state index contributed by atoms with van der Waals surface area (Å²) in [5.74, 6) is 0. The Bertz CT molecular complexity index is 3860. The molecule has 0 bridgehead atoms. The average molecular weight is 835 g/mol. The summed E-state index contributed by atoms with van der Waals surface area (Å²) in [5.41, 5.74) is 10.6. The van der Waals surface area contributed by atoms with Crippen LogP contribution in [0.15, 0.2) is 182 Å². The lowest BCUT2D eigenvalue weighted by atomic mass is 9.81. The van der Waals surface area contributed by atoms with Crippen molar-refractivity contribution in [3.8, 4) is 68.4 Å². The van der Waals surface area contributed by atoms with Crippen molar-refractivity contribution in [2.75, 3.05) is 0 Å². The summed E-state index contributed by atoms with van der Waals surface area (Å²) in [4.78, 5) is 0. The lowest BCUT2D eigenvalue weighted by molar-refractivity contribution is 1.18. The van der Waals surface area contributed by atoms with Crippen LogP contribution in [0.4, 0.5) is 0 Å². The zero-order valence-corrected chi connectivity index (χ0v) is 35.1. The number of nitriles is 3. The molecule has 3 aromatic heterocycles. The van der Waals surface area contributed by atoms with Gasteiger partial charge in [0.15, 0.2) is 0 Å². The molecule has 0 radical (unpaired) electrons. The molecule has 0 saturated carbocycles. The van der Waals surface area contributed by atoms with Crippen LogP contribution in [0.3, 0.4) is 0 Å². The van der Waals surface area contributed by atoms with Crippen molar-refractivity contribution >= 4 is 84.8 Å². The molecule has 12 rings (SSSR count). The molecular formula is C57H30N4S2. The zero-order chi connectivity index (χ0) is 42.2. The van der Waals surface area contributed by atoms with Gasteiger partial charge in [0.2, 0.25) is 0 Å². The monoisotopic (exact) mass is 834 g/mol. The molecule has 0 N–H and O–H groups in total. The van der Waals surface area contributed by atoms with Crippen molar-refractivity contribution < 1.29 is 0 Å². The minimum absolute atomic E-state index is 0.422. The Morgan fingerprint density at radius 3 is 1.37 bits per heavy atom. The molecule has 0 unspecified atom stereocenters. The number of thiophene rings is 2. The summed E-state index contributed by atoms with van der Waals surface area (Å²) in [6, 6.07) is 69.8. The Kier molecular flexibility index (Phi) is 8.36. The molecule has 3 heterocycles. The fraction of sp³-hybridized carbons (Fsp3) is 0. The second-order valence-corrected chi connectivity index (χ2v) is 17.7. The third-order valence-electron chi connectivity index (χ3n) is 12.4. The smallest absolute Gasteiger partial charge is 0.102 e. The highest BCUT2D eigenvalue weighted by Gasteiger charge is 2.31. The minimum Gasteiger partial charge on any atom is -0.304 e. The summed E-state index contributed by atoms with van der Waals surface area (Å²) in [5, 5.41) is 40.2. The van der Waals surface area contributed by atoms with Crippen LogP contribution in [0.25, 0.3) is 112 Å². The maximum atomic E-state index is 11.8. The Balaban J connectivity index is 1.34. The Morgan fingerprint density at radius 2 is 0.810 bits per heavy atom. The standard InChI is InChI=1S/C57H30N4S2/c58-31-38-17-7-8-18-39(38)34-23-25-37(26-24-34)51-46(32-59)50(35-13-3-1-4-14-35)47(33-60)53(52(51)36-15-5-2-6-16-36)61-54-42(27-29-44-40-19-9-11-21-48(40)62-56(44)54)43-28-30-45-41-20-10-12-22-49(41)63-57(45)55(43)61/h1-30H. The van der Waals surface area contributed by atoms with E-state index in [2.05, 4.69) is 120 Å². The number of benzene rings is 9. The van der Waals surface area contributed by atoms with Crippen LogP contribution >= 0.6 is 22.7 Å². The first-order chi connectivity index (χ1) is 31.2. The number of hydrogen-bond acceptors (Lipinski definition) is 5. The quantitative estimate of drug-likeness (QED) is 0.173. The van der Waals surface area contributed by atoms with Crippen LogP contribution in [0.2, 0.25) is 0 Å². The average Bonchev–Trinajstić information content (AvgIpc) is 4.03. The van der Waals surface area contributed by atoms with Gasteiger partial charge in [-0.05, 0) is 46.0 Å². The molecule has 0 fully saturated rings. The molecular weight excluding hydrogens is 805 g/mol. The minimum atomic E-state index is 0.422. The van der Waals surface area contributed by atoms with Gasteiger partial charge in [-0.3, -0.25) is 0 Å². The van der Waals surface area contributed by atoms with Gasteiger partial charge in [-0.25, -0.2) is 0 Å². The Hall–Kier alpha value is -8.31. The van der Waals surface area contributed by atoms with Crippen molar-refractivity contribution in [1.29, 1.82) is 15.8 Å². The molecule has 12 aromatic rings. The van der Waals surface area contributed by atoms with Gasteiger partial charge in [0.05, 0.1) is 48.9 Å². The number of rotatable bonds is 5. The second-order valence-electron chi connectivity index (χ2n) is 15.6. The Labute approximate surface area is 370 Å². The fourth-order valence-corrected chi connectivity index (χ4v) is 12.1. The summed E-state index contributed by atoms with van der Waals surface area (Å²) >= 11 is 3.55. The number of hydrogen-bond donors (Lipinski definition) is 0. The first-order valence-electron chi connectivity index (χ1n) is 20.6. The van der Waals surface area contributed by atoms with Crippen molar-refractivity contribution in [1.82, 2.24) is 4.57 Å². The predicted molar refractivity (Wildman–Crippen MR) is 262 cm³/mol. The van der Waals surface area contributed by atoms with Crippen LogP contribution in [-0.2, 0) is 0 Å². The third-order valence-corrected chi connectivity index (χ3v) is 14.7. The van der Waals surface area contributed by atoms with Crippen LogP contribution in [0, 0.1) is 34.0 Å². The second kappa shape index (κ2) is 14.4. The largest absolute Gasteiger partial charge is 0.304 e. The molecule has 0 amide bonds. The molecule has 0 aliphatic heterocycles. The summed E-state index contributed by atoms with van der Waals surface area (Å²) < 4.78 is 7.03. The van der Waals surface area contributed by atoms with E-state index in [9.17, 15) is 15.8 Å². The highest BCUT2D eigenvalue weighted by Crippen LogP contribution is 2.52. The summed E-state index contributed by atoms with van der Waals surface area (Å²) in [7, 11) is 0. The van der Waals surface area contributed by atoms with Crippen molar-refractivity contribution in [2.45, 2.75) is 0 Å². The highest BCUT2D eigenvalue weighted by molar-refractivity contribution is 7.27. The number of aromatic nitrogens is 1. The molecule has 6 heteroatoms. The molecule has 0 aliphatic rings. The van der Waals surface area contributed by atoms with E-state index in [4.69, 9.17) is 0 Å². The zero-order valence-electron chi connectivity index (χ0n) is 33.4. The van der Waals surface area contributed by atoms with Crippen LogP contribution in [0.1, 0.15) is 16.7 Å². The van der Waals surface area contributed by atoms with E-state index in [1.807, 2.05) is 84.9 Å². The van der Waals surface area contributed by atoms with E-state index in [1.165, 1.54) is 20.2 Å². The van der Waals surface area contributed by atoms with Gasteiger partial charge in [0.25, 0.3) is 0 Å². The summed E-state index contributed by atoms with van der Waals surface area (Å²) in [6.45, 7) is 0. The van der Waals surface area contributed by atoms with E-state index in [1.54, 1.807) is 22.7 Å². The molecule has 0 atom stereocenters. The lowest BCUT2D eigenvalue weighted by Crippen LogP contribution is -2.08. The third kappa shape index (κ3) is 5.42. The molecule has 0 spiro atoms. The predicted octanol–water partition coefficient (Wildman–Crippen LogP) is 15.8. The molecule has 0 aliphatic carbocycles. The lowest BCUT2D eigenvalue weighted by Gasteiger charge is -2.24. The molecule has 0 saturated heterocycles. The van der Waals surface area contributed by atoms with Crippen LogP contribution < -0.4 is 0 Å². The Morgan fingerprint density at radius 1 is 0.349 bits per heavy atom. The molecule has 290 valence electrons. The maximum absolute atomic E-state index is 11.8. The van der Waals surface area contributed by atoms with E-state index in [0.717, 1.165) is 86.6 Å². The maximum Gasteiger partial charge on any atom is 0.102 e. The first-order valence-corrected chi connectivity index (χ1v) is 22.2. The van der Waals surface area contributed by atoms with Crippen molar-refractivity contribution in [3.05, 3.63) is 199 Å². The first kappa shape index (κ1) is 36.5. The normalized spacial score (nSPS) is 11.4. The van der Waals surface area contributed by atoms with Crippen molar-refractivity contribution in [2.24, 2.45) is 0 Å².